The van der Waals surface area contributed by atoms with E-state index in [0.717, 1.165) is 27.8 Å². The van der Waals surface area contributed by atoms with Crippen molar-refractivity contribution in [3.05, 3.63) is 77.0 Å². The van der Waals surface area contributed by atoms with Gasteiger partial charge in [0.15, 0.2) is 0 Å². The maximum atomic E-state index is 13.6. The van der Waals surface area contributed by atoms with Gasteiger partial charge in [-0.3, -0.25) is 9.59 Å². The fourth-order valence-corrected chi connectivity index (χ4v) is 6.34. The molecular formula is C31H38N4O4S. The first-order valence-corrected chi connectivity index (χ1v) is 14.4. The van der Waals surface area contributed by atoms with Gasteiger partial charge in [-0.25, -0.2) is 13.5 Å². The molecule has 40 heavy (non-hydrogen) atoms. The second-order valence-corrected chi connectivity index (χ2v) is 13.6. The molecule has 1 N–H and O–H groups in total. The Balaban J connectivity index is 1.85. The number of aliphatic hydroxyl groups is 1. The van der Waals surface area contributed by atoms with Crippen LogP contribution in [0.2, 0.25) is 0 Å². The lowest BCUT2D eigenvalue weighted by Gasteiger charge is -2.30. The molecule has 0 aliphatic carbocycles. The Morgan fingerprint density at radius 1 is 0.950 bits per heavy atom. The molecule has 1 aliphatic rings. The Morgan fingerprint density at radius 3 is 2.15 bits per heavy atom. The normalized spacial score (nSPS) is 15.9. The highest BCUT2D eigenvalue weighted by atomic mass is 32.2. The highest BCUT2D eigenvalue weighted by molar-refractivity contribution is 7.84. The van der Waals surface area contributed by atoms with Gasteiger partial charge in [0, 0.05) is 58.0 Å². The number of rotatable bonds is 7. The average molecular weight is 563 g/mol. The second kappa shape index (κ2) is 11.6. The monoisotopic (exact) mass is 562 g/mol. The van der Waals surface area contributed by atoms with Crippen LogP contribution in [-0.4, -0.2) is 79.8 Å². The lowest BCUT2D eigenvalue weighted by molar-refractivity contribution is 0.0817. The number of benzene rings is 2. The molecule has 2 heterocycles. The van der Waals surface area contributed by atoms with Crippen molar-refractivity contribution in [2.45, 2.75) is 44.5 Å². The Labute approximate surface area is 239 Å². The van der Waals surface area contributed by atoms with Gasteiger partial charge in [-0.15, -0.1) is 0 Å². The molecule has 8 nitrogen and oxygen atoms in total. The molecule has 0 unspecified atom stereocenters. The summed E-state index contributed by atoms with van der Waals surface area (Å²) in [4.78, 5) is 33.3. The van der Waals surface area contributed by atoms with E-state index in [4.69, 9.17) is 4.98 Å². The first-order chi connectivity index (χ1) is 18.8. The number of amides is 2. The summed E-state index contributed by atoms with van der Waals surface area (Å²) in [6.45, 7) is 6.13. The Bertz CT molecular complexity index is 1440. The maximum absolute atomic E-state index is 13.6. The predicted octanol–water partition coefficient (Wildman–Crippen LogP) is 4.52. The van der Waals surface area contributed by atoms with Crippen LogP contribution in [0.4, 0.5) is 0 Å². The highest BCUT2D eigenvalue weighted by Crippen LogP contribution is 2.44. The van der Waals surface area contributed by atoms with Crippen LogP contribution >= 0.6 is 0 Å². The Hall–Kier alpha value is -3.40. The minimum Gasteiger partial charge on any atom is -0.396 e. The van der Waals surface area contributed by atoms with E-state index in [1.165, 1.54) is 4.90 Å². The fraction of sp³-hybridized carbons (Fsp3) is 0.387. The van der Waals surface area contributed by atoms with Crippen molar-refractivity contribution in [1.29, 1.82) is 0 Å². The summed E-state index contributed by atoms with van der Waals surface area (Å²) < 4.78 is 15.0. The van der Waals surface area contributed by atoms with Crippen LogP contribution in [-0.2, 0) is 17.5 Å². The van der Waals surface area contributed by atoms with Crippen molar-refractivity contribution in [3.8, 4) is 22.4 Å². The number of fused-ring (bicyclic) bond motifs is 1. The third kappa shape index (κ3) is 5.87. The molecular weight excluding hydrogens is 524 g/mol. The molecule has 0 radical (unpaired) electrons. The summed E-state index contributed by atoms with van der Waals surface area (Å²) in [6.07, 6.45) is 0.394. The summed E-state index contributed by atoms with van der Waals surface area (Å²) in [5.41, 5.74) is 6.07. The summed E-state index contributed by atoms with van der Waals surface area (Å²) in [7, 11) is 5.50. The van der Waals surface area contributed by atoms with Crippen molar-refractivity contribution in [3.63, 3.8) is 0 Å². The molecule has 1 aliphatic heterocycles. The number of hydrogen-bond donors (Lipinski definition) is 1. The number of hydrogen-bond acceptors (Lipinski definition) is 5. The summed E-state index contributed by atoms with van der Waals surface area (Å²) >= 11 is 0. The van der Waals surface area contributed by atoms with Gasteiger partial charge in [0.25, 0.3) is 11.8 Å². The number of aliphatic hydroxyl groups excluding tert-OH is 1. The van der Waals surface area contributed by atoms with Crippen LogP contribution in [0.1, 0.15) is 65.2 Å². The smallest absolute Gasteiger partial charge is 0.271 e. The molecule has 1 aromatic heterocycles. The number of nitrogens with zero attached hydrogens (tertiary/aromatic N) is 4. The summed E-state index contributed by atoms with van der Waals surface area (Å²) in [5, 5.41) is 9.99. The quantitative estimate of drug-likeness (QED) is 0.457. The molecule has 3 aromatic rings. The van der Waals surface area contributed by atoms with Crippen LogP contribution in [0, 0.1) is 0 Å². The number of carbonyl (C=O) groups is 2. The van der Waals surface area contributed by atoms with Gasteiger partial charge in [0.2, 0.25) is 0 Å². The van der Waals surface area contributed by atoms with Crippen molar-refractivity contribution in [2.24, 2.45) is 0 Å². The molecule has 2 atom stereocenters. The Morgan fingerprint density at radius 2 is 1.57 bits per heavy atom. The maximum Gasteiger partial charge on any atom is 0.271 e. The third-order valence-corrected chi connectivity index (χ3v) is 8.78. The van der Waals surface area contributed by atoms with E-state index < -0.39 is 15.7 Å². The lowest BCUT2D eigenvalue weighted by atomic mass is 9.94. The van der Waals surface area contributed by atoms with E-state index in [1.54, 1.807) is 39.2 Å². The van der Waals surface area contributed by atoms with Gasteiger partial charge in [-0.05, 0) is 68.1 Å². The molecule has 4 rings (SSSR count). The van der Waals surface area contributed by atoms with Gasteiger partial charge in [-0.2, -0.15) is 0 Å². The van der Waals surface area contributed by atoms with Gasteiger partial charge in [0.05, 0.1) is 16.5 Å². The van der Waals surface area contributed by atoms with Crippen LogP contribution in [0.5, 0.6) is 0 Å². The largest absolute Gasteiger partial charge is 0.396 e. The predicted molar refractivity (Wildman–Crippen MR) is 159 cm³/mol. The molecule has 0 bridgehead atoms. The van der Waals surface area contributed by atoms with Crippen LogP contribution < -0.4 is 0 Å². The van der Waals surface area contributed by atoms with Gasteiger partial charge >= 0.3 is 0 Å². The van der Waals surface area contributed by atoms with Crippen molar-refractivity contribution in [2.75, 3.05) is 34.8 Å². The van der Waals surface area contributed by atoms with Gasteiger partial charge < -0.3 is 14.9 Å². The van der Waals surface area contributed by atoms with E-state index in [2.05, 4.69) is 0 Å². The van der Waals surface area contributed by atoms with Gasteiger partial charge in [0.1, 0.15) is 16.7 Å². The van der Waals surface area contributed by atoms with Crippen LogP contribution in [0.25, 0.3) is 22.4 Å². The van der Waals surface area contributed by atoms with Crippen molar-refractivity contribution >= 4 is 22.8 Å². The molecule has 0 saturated heterocycles. The van der Waals surface area contributed by atoms with Gasteiger partial charge in [-0.1, -0.05) is 30.3 Å². The zero-order valence-corrected chi connectivity index (χ0v) is 25.1. The lowest BCUT2D eigenvalue weighted by Crippen LogP contribution is -2.36. The zero-order chi connectivity index (χ0) is 29.4. The molecule has 0 spiro atoms. The average Bonchev–Trinajstić information content (AvgIpc) is 3.29. The van der Waals surface area contributed by atoms with Crippen LogP contribution in [0.15, 0.2) is 54.6 Å². The number of aromatic nitrogens is 1. The zero-order valence-electron chi connectivity index (χ0n) is 24.3. The fourth-order valence-electron chi connectivity index (χ4n) is 4.94. The summed E-state index contributed by atoms with van der Waals surface area (Å²) in [6, 6.07) is 16.9. The molecule has 0 saturated carbocycles. The molecule has 0 fully saturated rings. The molecule has 9 heteroatoms. The minimum absolute atomic E-state index is 0.0606. The standard InChI is InChI=1S/C31H38N4O4S/c1-31(2,3)40(39)35-19-24-18-25(30(38)34(6)7)32-28(27(24)26(35)15-16-36)23-10-8-9-22(17-23)20-11-13-21(14-12-20)29(37)33(4)5/h8-14,17-18,26,36H,15-16,19H2,1-7H3/t26-,40-/m0/s1. The van der Waals surface area contributed by atoms with E-state index in [1.807, 2.05) is 73.6 Å². The number of pyridine rings is 1. The van der Waals surface area contributed by atoms with Crippen molar-refractivity contribution in [1.82, 2.24) is 19.1 Å². The Kier molecular flexibility index (Phi) is 8.58. The third-order valence-electron chi connectivity index (χ3n) is 6.92. The summed E-state index contributed by atoms with van der Waals surface area (Å²) in [5.74, 6) is -0.273. The van der Waals surface area contributed by atoms with E-state index in [9.17, 15) is 18.9 Å². The van der Waals surface area contributed by atoms with Crippen molar-refractivity contribution < 1.29 is 18.9 Å². The van der Waals surface area contributed by atoms with E-state index in [-0.39, 0.29) is 24.5 Å². The first kappa shape index (κ1) is 29.6. The first-order valence-electron chi connectivity index (χ1n) is 13.3. The molecule has 2 amide bonds. The van der Waals surface area contributed by atoms with E-state index in [0.29, 0.717) is 29.9 Å². The minimum atomic E-state index is -1.34. The molecule has 2 aromatic carbocycles. The number of carbonyl (C=O) groups excluding carboxylic acids is 2. The van der Waals surface area contributed by atoms with Crippen LogP contribution in [0.3, 0.4) is 0 Å². The second-order valence-electron chi connectivity index (χ2n) is 11.5. The van der Waals surface area contributed by atoms with E-state index >= 15 is 0 Å². The highest BCUT2D eigenvalue weighted by Gasteiger charge is 2.40. The molecule has 212 valence electrons. The topological polar surface area (TPSA) is 94.1 Å². The SMILES string of the molecule is CN(C)C(=O)c1ccc(-c2cccc(-c3nc(C(=O)N(C)C)cc4c3[C@H](CCO)N([S@@](=O)C(C)(C)C)C4)c2)cc1.